The summed E-state index contributed by atoms with van der Waals surface area (Å²) < 4.78 is 33.0. The lowest BCUT2D eigenvalue weighted by atomic mass is 9.97. The first-order valence-electron chi connectivity index (χ1n) is 12.5. The summed E-state index contributed by atoms with van der Waals surface area (Å²) in [5.74, 6) is -1.19. The van der Waals surface area contributed by atoms with Gasteiger partial charge in [-0.3, -0.25) is 4.68 Å². The molecule has 0 radical (unpaired) electrons. The molecule has 0 atom stereocenters. The van der Waals surface area contributed by atoms with Crippen molar-refractivity contribution in [2.45, 2.75) is 6.92 Å². The van der Waals surface area contributed by atoms with Gasteiger partial charge in [0.15, 0.2) is 10.9 Å². The van der Waals surface area contributed by atoms with E-state index in [-0.39, 0.29) is 31.5 Å². The van der Waals surface area contributed by atoms with Crippen LogP contribution in [-0.4, -0.2) is 50.8 Å². The molecule has 2 aromatic carbocycles. The van der Waals surface area contributed by atoms with Gasteiger partial charge in [0.25, 0.3) is 0 Å². The number of piperazine rings is 1. The van der Waals surface area contributed by atoms with E-state index in [1.807, 2.05) is 19.2 Å². The molecule has 5 aromatic rings. The van der Waals surface area contributed by atoms with Crippen LogP contribution in [0.4, 0.5) is 19.6 Å². The van der Waals surface area contributed by atoms with Crippen molar-refractivity contribution in [2.24, 2.45) is 7.05 Å². The van der Waals surface area contributed by atoms with E-state index in [0.29, 0.717) is 46.7 Å². The molecule has 40 heavy (non-hydrogen) atoms. The molecule has 8 nitrogen and oxygen atoms in total. The number of aryl methyl sites for hydroxylation is 1. The summed E-state index contributed by atoms with van der Waals surface area (Å²) in [5, 5.41) is 15.3. The zero-order valence-electron chi connectivity index (χ0n) is 21.6. The Hall–Kier alpha value is -4.27. The Morgan fingerprint density at radius 2 is 1.90 bits per heavy atom. The summed E-state index contributed by atoms with van der Waals surface area (Å²) in [5.41, 5.74) is 8.26. The van der Waals surface area contributed by atoms with Gasteiger partial charge < -0.3 is 15.5 Å². The van der Waals surface area contributed by atoms with E-state index in [4.69, 9.17) is 22.3 Å². The molecule has 12 heteroatoms. The maximum absolute atomic E-state index is 16.7. The first kappa shape index (κ1) is 26.0. The second-order valence-corrected chi connectivity index (χ2v) is 10.8. The number of halogens is 3. The fraction of sp³-hybridized carbons (Fsp3) is 0.214. The fourth-order valence-corrected chi connectivity index (χ4v) is 6.34. The van der Waals surface area contributed by atoms with Crippen LogP contribution in [0.5, 0.6) is 0 Å². The molecular formula is C28H23ClF2N8S. The van der Waals surface area contributed by atoms with Gasteiger partial charge in [0, 0.05) is 55.9 Å². The summed E-state index contributed by atoms with van der Waals surface area (Å²) in [6, 6.07) is 8.38. The summed E-state index contributed by atoms with van der Waals surface area (Å²) in [7, 11) is 1.74. The number of nitrogen functional groups attached to an aromatic ring is 1. The lowest BCUT2D eigenvalue weighted by Gasteiger charge is -2.36. The van der Waals surface area contributed by atoms with Gasteiger partial charge in [-0.2, -0.15) is 10.4 Å². The average Bonchev–Trinajstić information content (AvgIpc) is 3.55. The second-order valence-electron chi connectivity index (χ2n) is 9.41. The topological polar surface area (TPSA) is 99.9 Å². The van der Waals surface area contributed by atoms with Crippen molar-refractivity contribution in [2.75, 3.05) is 36.8 Å². The second kappa shape index (κ2) is 10.0. The predicted molar refractivity (Wildman–Crippen MR) is 155 cm³/mol. The third-order valence-electron chi connectivity index (χ3n) is 7.09. The van der Waals surface area contributed by atoms with E-state index in [1.54, 1.807) is 30.1 Å². The maximum atomic E-state index is 16.7. The van der Waals surface area contributed by atoms with Crippen molar-refractivity contribution in [3.63, 3.8) is 0 Å². The summed E-state index contributed by atoms with van der Waals surface area (Å²) in [4.78, 5) is 13.2. The summed E-state index contributed by atoms with van der Waals surface area (Å²) >= 11 is 7.76. The monoisotopic (exact) mass is 576 g/mol. The smallest absolute Gasteiger partial charge is 0.181 e. The van der Waals surface area contributed by atoms with E-state index >= 15 is 4.39 Å². The van der Waals surface area contributed by atoms with Crippen molar-refractivity contribution in [3.05, 3.63) is 65.0 Å². The van der Waals surface area contributed by atoms with Crippen LogP contribution in [0.2, 0.25) is 5.02 Å². The van der Waals surface area contributed by atoms with Crippen molar-refractivity contribution >= 4 is 54.9 Å². The Balaban J connectivity index is 1.65. The van der Waals surface area contributed by atoms with E-state index < -0.39 is 11.6 Å². The van der Waals surface area contributed by atoms with Crippen LogP contribution in [0, 0.1) is 23.0 Å². The minimum atomic E-state index is -0.691. The number of fused-ring (bicyclic) bond motifs is 2. The lowest BCUT2D eigenvalue weighted by molar-refractivity contribution is 0.349. The molecule has 1 aliphatic heterocycles. The van der Waals surface area contributed by atoms with Gasteiger partial charge in [-0.05, 0) is 37.4 Å². The molecule has 2 N–H and O–H groups in total. The van der Waals surface area contributed by atoms with Crippen LogP contribution < -0.4 is 10.6 Å². The molecule has 0 bridgehead atoms. The Labute approximate surface area is 237 Å². The molecule has 0 unspecified atom stereocenters. The Morgan fingerprint density at radius 3 is 2.58 bits per heavy atom. The van der Waals surface area contributed by atoms with Crippen molar-refractivity contribution in [3.8, 4) is 28.6 Å². The van der Waals surface area contributed by atoms with Crippen molar-refractivity contribution in [1.82, 2.24) is 24.6 Å². The molecule has 0 aliphatic carbocycles. The van der Waals surface area contributed by atoms with Crippen LogP contribution in [0.15, 0.2) is 42.7 Å². The molecule has 3 aromatic heterocycles. The molecule has 0 amide bonds. The van der Waals surface area contributed by atoms with Crippen LogP contribution in [0.3, 0.4) is 0 Å². The number of hydrogen-bond donors (Lipinski definition) is 1. The Morgan fingerprint density at radius 1 is 1.12 bits per heavy atom. The van der Waals surface area contributed by atoms with Crippen LogP contribution in [-0.2, 0) is 7.05 Å². The highest BCUT2D eigenvalue weighted by atomic mass is 35.5. The number of anilines is 2. The van der Waals surface area contributed by atoms with E-state index in [2.05, 4.69) is 26.0 Å². The third kappa shape index (κ3) is 4.11. The minimum Gasteiger partial charge on any atom is -0.375 e. The average molecular weight is 577 g/mol. The van der Waals surface area contributed by atoms with Gasteiger partial charge in [0.05, 0.1) is 26.6 Å². The molecular weight excluding hydrogens is 554 g/mol. The number of aromatic nitrogens is 4. The number of rotatable bonds is 4. The summed E-state index contributed by atoms with van der Waals surface area (Å²) in [6.45, 7) is 4.65. The highest BCUT2D eigenvalue weighted by Crippen LogP contribution is 2.44. The largest absolute Gasteiger partial charge is 0.375 e. The normalized spacial score (nSPS) is 14.1. The van der Waals surface area contributed by atoms with Gasteiger partial charge in [0.2, 0.25) is 0 Å². The molecule has 1 fully saturated rings. The highest BCUT2D eigenvalue weighted by molar-refractivity contribution is 7.22. The molecule has 4 heterocycles. The SMILES string of the molecule is CC=CN1CCN(c2c(C#N)c(-c3ccnn3C)nc3c(F)c(-c4ccc(F)c5sc(N)nc45)c(Cl)cc23)CC1. The zero-order chi connectivity index (χ0) is 28.1. The van der Waals surface area contributed by atoms with Crippen molar-refractivity contribution in [1.29, 1.82) is 5.26 Å². The third-order valence-corrected chi connectivity index (χ3v) is 8.28. The molecule has 202 valence electrons. The van der Waals surface area contributed by atoms with Gasteiger partial charge in [-0.15, -0.1) is 0 Å². The quantitative estimate of drug-likeness (QED) is 0.282. The standard InChI is InChI=1S/C28H23ClF2N8S/c1-3-8-38-9-11-39(12-10-38)26-16-13-18(29)21(15-4-5-19(30)27-25(15)36-28(33)40-27)22(31)24(16)35-23(17(26)14-32)20-6-7-34-37(20)2/h3-8,13H,9-12H2,1-2H3,(H2,33,36). The molecule has 1 aliphatic rings. The minimum absolute atomic E-state index is 0.0427. The van der Waals surface area contributed by atoms with Gasteiger partial charge in [-0.1, -0.05) is 29.0 Å². The highest BCUT2D eigenvalue weighted by Gasteiger charge is 2.29. The number of nitrogens with zero attached hydrogens (tertiary/aromatic N) is 7. The molecule has 0 saturated carbocycles. The first-order valence-corrected chi connectivity index (χ1v) is 13.7. The number of benzene rings is 2. The lowest BCUT2D eigenvalue weighted by Crippen LogP contribution is -2.44. The van der Waals surface area contributed by atoms with Crippen LogP contribution in [0.1, 0.15) is 12.5 Å². The first-order chi connectivity index (χ1) is 19.3. The molecule has 1 saturated heterocycles. The maximum Gasteiger partial charge on any atom is 0.181 e. The number of allylic oxidation sites excluding steroid dienone is 1. The van der Waals surface area contributed by atoms with Gasteiger partial charge >= 0.3 is 0 Å². The van der Waals surface area contributed by atoms with Gasteiger partial charge in [-0.25, -0.2) is 18.7 Å². The number of hydrogen-bond acceptors (Lipinski definition) is 8. The van der Waals surface area contributed by atoms with Crippen LogP contribution >= 0.6 is 22.9 Å². The van der Waals surface area contributed by atoms with Crippen LogP contribution in [0.25, 0.3) is 43.6 Å². The summed E-state index contributed by atoms with van der Waals surface area (Å²) in [6.07, 6.45) is 5.62. The zero-order valence-corrected chi connectivity index (χ0v) is 23.2. The van der Waals surface area contributed by atoms with E-state index in [1.165, 1.54) is 12.1 Å². The Kier molecular flexibility index (Phi) is 6.52. The fourth-order valence-electron chi connectivity index (χ4n) is 5.29. The molecule has 6 rings (SSSR count). The van der Waals surface area contributed by atoms with Gasteiger partial charge in [0.1, 0.15) is 28.7 Å². The van der Waals surface area contributed by atoms with E-state index in [0.717, 1.165) is 24.4 Å². The Bertz CT molecular complexity index is 1860. The number of pyridine rings is 1. The van der Waals surface area contributed by atoms with E-state index in [9.17, 15) is 9.65 Å². The number of nitriles is 1. The predicted octanol–water partition coefficient (Wildman–Crippen LogP) is 5.95. The molecule has 0 spiro atoms. The van der Waals surface area contributed by atoms with Crippen molar-refractivity contribution < 1.29 is 8.78 Å². The number of thiazole rings is 1. The number of nitrogens with two attached hydrogens (primary N) is 1.